The minimum atomic E-state index is -0.496. The van der Waals surface area contributed by atoms with Crippen LogP contribution in [0.1, 0.15) is 27.8 Å². The molecule has 40 heavy (non-hydrogen) atoms. The minimum Gasteiger partial charge on any atom is -0.294 e. The SMILES string of the molecule is N#Cc1cccc(-c2ccc(N3c4ccccc4C(c4ccccc4)(c4ccccc4)c4ccccc43)nc2)c1. The monoisotopic (exact) mass is 511 g/mol. The maximum absolute atomic E-state index is 9.34. The zero-order valence-corrected chi connectivity index (χ0v) is 21.8. The summed E-state index contributed by atoms with van der Waals surface area (Å²) in [6.45, 7) is 0. The number of nitrogens with zero attached hydrogens (tertiary/aromatic N) is 3. The Balaban J connectivity index is 1.47. The van der Waals surface area contributed by atoms with Gasteiger partial charge in [0, 0.05) is 11.8 Å². The molecule has 3 heteroatoms. The van der Waals surface area contributed by atoms with Crippen molar-refractivity contribution >= 4 is 17.2 Å². The fraction of sp³-hybridized carbons (Fsp3) is 0.0270. The first-order chi connectivity index (χ1) is 19.8. The molecule has 2 heterocycles. The second-order valence-corrected chi connectivity index (χ2v) is 9.95. The Morgan fingerprint density at radius 3 is 1.68 bits per heavy atom. The number of para-hydroxylation sites is 2. The van der Waals surface area contributed by atoms with Gasteiger partial charge in [0.05, 0.1) is 28.4 Å². The highest BCUT2D eigenvalue weighted by Gasteiger charge is 2.46. The van der Waals surface area contributed by atoms with Crippen molar-refractivity contribution in [2.45, 2.75) is 5.41 Å². The number of pyridine rings is 1. The zero-order chi connectivity index (χ0) is 26.9. The molecule has 1 aliphatic rings. The summed E-state index contributed by atoms with van der Waals surface area (Å²) in [6.07, 6.45) is 1.90. The van der Waals surface area contributed by atoms with E-state index in [4.69, 9.17) is 4.98 Å². The van der Waals surface area contributed by atoms with E-state index in [9.17, 15) is 5.26 Å². The molecule has 3 nitrogen and oxygen atoms in total. The van der Waals surface area contributed by atoms with Crippen LogP contribution in [0, 0.1) is 11.3 Å². The lowest BCUT2D eigenvalue weighted by Gasteiger charge is -2.46. The van der Waals surface area contributed by atoms with Gasteiger partial charge in [0.25, 0.3) is 0 Å². The molecule has 1 aromatic heterocycles. The van der Waals surface area contributed by atoms with Crippen molar-refractivity contribution in [1.29, 1.82) is 5.26 Å². The first-order valence-electron chi connectivity index (χ1n) is 13.4. The lowest BCUT2D eigenvalue weighted by molar-refractivity contribution is 0.730. The van der Waals surface area contributed by atoms with Crippen molar-refractivity contribution in [2.24, 2.45) is 0 Å². The molecule has 0 saturated carbocycles. The number of benzene rings is 5. The summed E-state index contributed by atoms with van der Waals surface area (Å²) in [7, 11) is 0. The smallest absolute Gasteiger partial charge is 0.137 e. The summed E-state index contributed by atoms with van der Waals surface area (Å²) in [6, 6.07) is 52.9. The molecule has 1 aliphatic heterocycles. The molecule has 0 spiro atoms. The Morgan fingerprint density at radius 1 is 0.550 bits per heavy atom. The van der Waals surface area contributed by atoms with E-state index in [1.165, 1.54) is 22.3 Å². The van der Waals surface area contributed by atoms with E-state index in [2.05, 4.69) is 132 Å². The first-order valence-corrected chi connectivity index (χ1v) is 13.4. The van der Waals surface area contributed by atoms with Gasteiger partial charge in [-0.1, -0.05) is 109 Å². The third kappa shape index (κ3) is 3.62. The lowest BCUT2D eigenvalue weighted by atomic mass is 9.62. The first kappa shape index (κ1) is 23.6. The van der Waals surface area contributed by atoms with Gasteiger partial charge in [-0.15, -0.1) is 0 Å². The summed E-state index contributed by atoms with van der Waals surface area (Å²) in [5.74, 6) is 0.842. The molecule has 0 bridgehead atoms. The molecular formula is C37H25N3. The van der Waals surface area contributed by atoms with Crippen LogP contribution in [0.4, 0.5) is 17.2 Å². The normalized spacial score (nSPS) is 13.1. The number of anilines is 3. The maximum atomic E-state index is 9.34. The van der Waals surface area contributed by atoms with Crippen LogP contribution in [0.2, 0.25) is 0 Å². The molecule has 0 N–H and O–H groups in total. The van der Waals surface area contributed by atoms with E-state index in [1.54, 1.807) is 0 Å². The number of nitriles is 1. The third-order valence-electron chi connectivity index (χ3n) is 7.81. The maximum Gasteiger partial charge on any atom is 0.137 e. The molecule has 0 radical (unpaired) electrons. The van der Waals surface area contributed by atoms with E-state index >= 15 is 0 Å². The van der Waals surface area contributed by atoms with Gasteiger partial charge in [-0.25, -0.2) is 4.98 Å². The van der Waals surface area contributed by atoms with Gasteiger partial charge in [-0.2, -0.15) is 5.26 Å². The Kier molecular flexibility index (Phi) is 5.73. The average Bonchev–Trinajstić information content (AvgIpc) is 3.04. The van der Waals surface area contributed by atoms with Gasteiger partial charge in [0.15, 0.2) is 0 Å². The van der Waals surface area contributed by atoms with Gasteiger partial charge in [-0.3, -0.25) is 4.90 Å². The lowest BCUT2D eigenvalue weighted by Crippen LogP contribution is -2.37. The predicted molar refractivity (Wildman–Crippen MR) is 161 cm³/mol. The predicted octanol–water partition coefficient (Wildman–Crippen LogP) is 8.79. The van der Waals surface area contributed by atoms with Crippen molar-refractivity contribution < 1.29 is 0 Å². The molecular weight excluding hydrogens is 486 g/mol. The highest BCUT2D eigenvalue weighted by molar-refractivity contribution is 5.88. The second-order valence-electron chi connectivity index (χ2n) is 9.95. The summed E-state index contributed by atoms with van der Waals surface area (Å²) in [4.78, 5) is 7.24. The molecule has 188 valence electrons. The zero-order valence-electron chi connectivity index (χ0n) is 21.8. The molecule has 7 rings (SSSR count). The summed E-state index contributed by atoms with van der Waals surface area (Å²) >= 11 is 0. The molecule has 0 unspecified atom stereocenters. The third-order valence-corrected chi connectivity index (χ3v) is 7.81. The molecule has 0 aliphatic carbocycles. The summed E-state index contributed by atoms with van der Waals surface area (Å²) < 4.78 is 0. The van der Waals surface area contributed by atoms with E-state index in [0.29, 0.717) is 5.56 Å². The van der Waals surface area contributed by atoms with Crippen LogP contribution in [0.25, 0.3) is 11.1 Å². The standard InChI is InChI=1S/C37H25N3/c38-25-27-12-11-13-28(24-27)29-22-23-36(39-26-29)40-34-20-9-7-18-32(34)37(30-14-3-1-4-15-30,31-16-5-2-6-17-31)33-19-8-10-21-35(33)40/h1-24,26H. The molecule has 0 saturated heterocycles. The van der Waals surface area contributed by atoms with Crippen LogP contribution in [-0.4, -0.2) is 4.98 Å². The number of rotatable bonds is 4. The molecule has 6 aromatic rings. The van der Waals surface area contributed by atoms with Gasteiger partial charge in [0.2, 0.25) is 0 Å². The van der Waals surface area contributed by atoms with Crippen molar-refractivity contribution in [2.75, 3.05) is 4.90 Å². The Hall–Kier alpha value is -5.46. The molecule has 0 amide bonds. The largest absolute Gasteiger partial charge is 0.294 e. The van der Waals surface area contributed by atoms with Crippen LogP contribution < -0.4 is 4.90 Å². The minimum absolute atomic E-state index is 0.496. The quantitative estimate of drug-likeness (QED) is 0.237. The Bertz CT molecular complexity index is 1760. The highest BCUT2D eigenvalue weighted by atomic mass is 15.2. The van der Waals surface area contributed by atoms with Gasteiger partial charge in [-0.05, 0) is 64.2 Å². The van der Waals surface area contributed by atoms with E-state index in [1.807, 2.05) is 30.5 Å². The number of hydrogen-bond donors (Lipinski definition) is 0. The van der Waals surface area contributed by atoms with Crippen LogP contribution in [0.3, 0.4) is 0 Å². The molecule has 5 aromatic carbocycles. The Morgan fingerprint density at radius 2 is 1.12 bits per heavy atom. The van der Waals surface area contributed by atoms with Gasteiger partial charge in [0.1, 0.15) is 5.82 Å². The van der Waals surface area contributed by atoms with E-state index < -0.39 is 5.41 Å². The number of aromatic nitrogens is 1. The van der Waals surface area contributed by atoms with E-state index in [-0.39, 0.29) is 0 Å². The molecule has 0 fully saturated rings. The summed E-state index contributed by atoms with van der Waals surface area (Å²) in [5, 5.41) is 9.34. The van der Waals surface area contributed by atoms with Crippen LogP contribution in [-0.2, 0) is 5.41 Å². The van der Waals surface area contributed by atoms with Crippen molar-refractivity contribution in [3.05, 3.63) is 180 Å². The van der Waals surface area contributed by atoms with Crippen LogP contribution >= 0.6 is 0 Å². The van der Waals surface area contributed by atoms with Crippen LogP contribution in [0.5, 0.6) is 0 Å². The summed E-state index contributed by atoms with van der Waals surface area (Å²) in [5.41, 5.74) is 9.15. The van der Waals surface area contributed by atoms with Crippen molar-refractivity contribution in [3.63, 3.8) is 0 Å². The average molecular weight is 512 g/mol. The molecule has 0 atom stereocenters. The van der Waals surface area contributed by atoms with Crippen LogP contribution in [0.15, 0.2) is 152 Å². The number of hydrogen-bond acceptors (Lipinski definition) is 3. The second kappa shape index (κ2) is 9.69. The van der Waals surface area contributed by atoms with Crippen molar-refractivity contribution in [3.8, 4) is 17.2 Å². The van der Waals surface area contributed by atoms with Gasteiger partial charge < -0.3 is 0 Å². The Labute approximate surface area is 234 Å². The highest BCUT2D eigenvalue weighted by Crippen LogP contribution is 2.57. The fourth-order valence-corrected chi connectivity index (χ4v) is 6.12. The van der Waals surface area contributed by atoms with Gasteiger partial charge >= 0.3 is 0 Å². The van der Waals surface area contributed by atoms with E-state index in [0.717, 1.165) is 28.3 Å². The topological polar surface area (TPSA) is 39.9 Å². The number of fused-ring (bicyclic) bond motifs is 2. The van der Waals surface area contributed by atoms with Crippen molar-refractivity contribution in [1.82, 2.24) is 4.98 Å². The fourth-order valence-electron chi connectivity index (χ4n) is 6.12.